The molecule has 4 N–H and O–H groups in total. The summed E-state index contributed by atoms with van der Waals surface area (Å²) >= 11 is 0. The second-order valence-electron chi connectivity index (χ2n) is 4.00. The number of aliphatic hydroxyl groups excluding tert-OH is 2. The van der Waals surface area contributed by atoms with Crippen molar-refractivity contribution in [3.63, 3.8) is 0 Å². The number of nitrogens with two attached hydrogens (primary N) is 1. The number of rotatable bonds is 6. The van der Waals surface area contributed by atoms with E-state index in [1.807, 2.05) is 24.1 Å². The summed E-state index contributed by atoms with van der Waals surface area (Å²) in [5, 5.41) is 18.6. The quantitative estimate of drug-likeness (QED) is 0.619. The number of nitrogens with zero attached hydrogens (tertiary/aromatic N) is 1. The molecular formula is C12H20N2O2. The normalized spacial score (nSPS) is 13.0. The van der Waals surface area contributed by atoms with E-state index in [-0.39, 0.29) is 6.61 Å². The van der Waals surface area contributed by atoms with Gasteiger partial charge < -0.3 is 20.8 Å². The summed E-state index contributed by atoms with van der Waals surface area (Å²) in [7, 11) is 1.92. The van der Waals surface area contributed by atoms with Crippen LogP contribution in [0.25, 0.3) is 0 Å². The van der Waals surface area contributed by atoms with E-state index in [1.54, 1.807) is 12.1 Å². The molecule has 0 fully saturated rings. The molecule has 1 aromatic rings. The summed E-state index contributed by atoms with van der Waals surface area (Å²) < 4.78 is 0. The third-order valence-electron chi connectivity index (χ3n) is 2.59. The van der Waals surface area contributed by atoms with Crippen molar-refractivity contribution in [3.05, 3.63) is 29.8 Å². The van der Waals surface area contributed by atoms with E-state index in [0.29, 0.717) is 18.7 Å². The average molecular weight is 224 g/mol. The van der Waals surface area contributed by atoms with Crippen molar-refractivity contribution in [1.29, 1.82) is 0 Å². The molecule has 4 heteroatoms. The Morgan fingerprint density at radius 1 is 1.25 bits per heavy atom. The van der Waals surface area contributed by atoms with Crippen LogP contribution in [0, 0.1) is 0 Å². The number of aliphatic hydroxyl groups is 2. The van der Waals surface area contributed by atoms with Crippen LogP contribution in [0.15, 0.2) is 24.3 Å². The molecule has 0 aliphatic heterocycles. The summed E-state index contributed by atoms with van der Waals surface area (Å²) in [5.41, 5.74) is 7.15. The molecule has 1 atom stereocenters. The maximum Gasteiger partial charge on any atom is 0.0802 e. The molecule has 16 heavy (non-hydrogen) atoms. The van der Waals surface area contributed by atoms with Gasteiger partial charge >= 0.3 is 0 Å². The second kappa shape index (κ2) is 6.48. The first-order chi connectivity index (χ1) is 7.63. The summed E-state index contributed by atoms with van der Waals surface area (Å²) in [6.07, 6.45) is 0.183. The molecule has 0 aliphatic carbocycles. The molecule has 0 aliphatic rings. The highest BCUT2D eigenvalue weighted by atomic mass is 16.3. The van der Waals surface area contributed by atoms with Crippen LogP contribution < -0.4 is 5.73 Å². The summed E-state index contributed by atoms with van der Waals surface area (Å²) in [4.78, 5) is 1.99. The van der Waals surface area contributed by atoms with Gasteiger partial charge in [0.1, 0.15) is 0 Å². The highest BCUT2D eigenvalue weighted by molar-refractivity contribution is 5.39. The Kier molecular flexibility index (Phi) is 5.25. The Morgan fingerprint density at radius 2 is 1.88 bits per heavy atom. The molecule has 90 valence electrons. The number of nitrogen functional groups attached to an aromatic ring is 1. The van der Waals surface area contributed by atoms with Crippen LogP contribution in [-0.4, -0.2) is 41.9 Å². The van der Waals surface area contributed by atoms with Gasteiger partial charge in [0.15, 0.2) is 0 Å². The third kappa shape index (κ3) is 4.18. The lowest BCUT2D eigenvalue weighted by atomic mass is 10.1. The van der Waals surface area contributed by atoms with Gasteiger partial charge in [-0.3, -0.25) is 0 Å². The van der Waals surface area contributed by atoms with E-state index in [4.69, 9.17) is 10.8 Å². The zero-order chi connectivity index (χ0) is 12.0. The van der Waals surface area contributed by atoms with Crippen molar-refractivity contribution in [2.24, 2.45) is 0 Å². The Morgan fingerprint density at radius 3 is 2.44 bits per heavy atom. The molecule has 0 saturated carbocycles. The molecule has 0 heterocycles. The Hall–Kier alpha value is -1.10. The maximum atomic E-state index is 9.90. The highest BCUT2D eigenvalue weighted by Gasteiger charge is 2.08. The molecule has 1 aromatic carbocycles. The predicted octanol–water partition coefficient (Wildman–Crippen LogP) is 0.616. The van der Waals surface area contributed by atoms with E-state index in [9.17, 15) is 5.11 Å². The number of hydrogen-bond donors (Lipinski definition) is 3. The number of anilines is 1. The topological polar surface area (TPSA) is 69.7 Å². The number of likely N-dealkylation sites (N-methyl/N-ethyl adjacent to an activating group) is 1. The van der Waals surface area contributed by atoms with Crippen molar-refractivity contribution in [3.8, 4) is 0 Å². The average Bonchev–Trinajstić information content (AvgIpc) is 2.27. The summed E-state index contributed by atoms with van der Waals surface area (Å²) in [5.74, 6) is 0. The third-order valence-corrected chi connectivity index (χ3v) is 2.59. The summed E-state index contributed by atoms with van der Waals surface area (Å²) in [6.45, 7) is 1.54. The van der Waals surface area contributed by atoms with E-state index in [2.05, 4.69) is 0 Å². The van der Waals surface area contributed by atoms with Crippen LogP contribution in [0.3, 0.4) is 0 Å². The van der Waals surface area contributed by atoms with Gasteiger partial charge in [-0.15, -0.1) is 0 Å². The minimum Gasteiger partial charge on any atom is -0.399 e. The van der Waals surface area contributed by atoms with Crippen LogP contribution in [0.5, 0.6) is 0 Å². The fourth-order valence-electron chi connectivity index (χ4n) is 1.51. The highest BCUT2D eigenvalue weighted by Crippen LogP contribution is 2.17. The molecule has 0 bridgehead atoms. The second-order valence-corrected chi connectivity index (χ2v) is 4.00. The largest absolute Gasteiger partial charge is 0.399 e. The zero-order valence-corrected chi connectivity index (χ0v) is 9.63. The summed E-state index contributed by atoms with van der Waals surface area (Å²) in [6, 6.07) is 7.25. The monoisotopic (exact) mass is 224 g/mol. The fourth-order valence-corrected chi connectivity index (χ4v) is 1.51. The first kappa shape index (κ1) is 13.0. The Labute approximate surface area is 96.3 Å². The van der Waals surface area contributed by atoms with E-state index < -0.39 is 6.10 Å². The number of hydrogen-bond acceptors (Lipinski definition) is 4. The molecule has 0 radical (unpaired) electrons. The lowest BCUT2D eigenvalue weighted by Gasteiger charge is -2.17. The predicted molar refractivity (Wildman–Crippen MR) is 65.0 cm³/mol. The van der Waals surface area contributed by atoms with E-state index >= 15 is 0 Å². The van der Waals surface area contributed by atoms with Crippen molar-refractivity contribution >= 4 is 5.69 Å². The maximum absolute atomic E-state index is 9.90. The van der Waals surface area contributed by atoms with Gasteiger partial charge in [-0.1, -0.05) is 12.1 Å². The van der Waals surface area contributed by atoms with E-state index in [0.717, 1.165) is 12.1 Å². The first-order valence-electron chi connectivity index (χ1n) is 5.46. The molecule has 1 rings (SSSR count). The molecule has 0 aromatic heterocycles. The van der Waals surface area contributed by atoms with Crippen LogP contribution in [0.1, 0.15) is 18.1 Å². The van der Waals surface area contributed by atoms with Crippen LogP contribution in [0.4, 0.5) is 5.69 Å². The van der Waals surface area contributed by atoms with Crippen molar-refractivity contribution < 1.29 is 10.2 Å². The smallest absolute Gasteiger partial charge is 0.0802 e. The lowest BCUT2D eigenvalue weighted by Crippen LogP contribution is -2.24. The van der Waals surface area contributed by atoms with Gasteiger partial charge in [0.05, 0.1) is 12.7 Å². The molecular weight excluding hydrogens is 204 g/mol. The SMILES string of the molecule is CN(CCO)CCC(O)c1ccc(N)cc1. The minimum absolute atomic E-state index is 0.147. The van der Waals surface area contributed by atoms with Crippen LogP contribution in [0.2, 0.25) is 0 Å². The number of benzene rings is 1. The van der Waals surface area contributed by atoms with E-state index in [1.165, 1.54) is 0 Å². The molecule has 1 unspecified atom stereocenters. The fraction of sp³-hybridized carbons (Fsp3) is 0.500. The molecule has 0 saturated heterocycles. The van der Waals surface area contributed by atoms with Gasteiger partial charge in [-0.25, -0.2) is 0 Å². The molecule has 4 nitrogen and oxygen atoms in total. The molecule has 0 spiro atoms. The lowest BCUT2D eigenvalue weighted by molar-refractivity contribution is 0.141. The Bertz CT molecular complexity index is 300. The van der Waals surface area contributed by atoms with Gasteiger partial charge in [-0.05, 0) is 31.2 Å². The standard InChI is InChI=1S/C12H20N2O2/c1-14(8-9-15)7-6-12(16)10-2-4-11(13)5-3-10/h2-5,12,15-16H,6-9,13H2,1H3. The van der Waals surface area contributed by atoms with Crippen LogP contribution >= 0.6 is 0 Å². The molecule has 0 amide bonds. The van der Waals surface area contributed by atoms with Crippen molar-refractivity contribution in [2.45, 2.75) is 12.5 Å². The van der Waals surface area contributed by atoms with Gasteiger partial charge in [-0.2, -0.15) is 0 Å². The minimum atomic E-state index is -0.471. The van der Waals surface area contributed by atoms with Crippen molar-refractivity contribution in [1.82, 2.24) is 4.90 Å². The van der Waals surface area contributed by atoms with Gasteiger partial charge in [0, 0.05) is 18.8 Å². The first-order valence-corrected chi connectivity index (χ1v) is 5.46. The Balaban J connectivity index is 2.40. The van der Waals surface area contributed by atoms with Gasteiger partial charge in [0.25, 0.3) is 0 Å². The van der Waals surface area contributed by atoms with Crippen molar-refractivity contribution in [2.75, 3.05) is 32.5 Å². The van der Waals surface area contributed by atoms with Gasteiger partial charge in [0.2, 0.25) is 0 Å². The van der Waals surface area contributed by atoms with Crippen LogP contribution in [-0.2, 0) is 0 Å². The zero-order valence-electron chi connectivity index (χ0n) is 9.63.